The molecule has 48 heavy (non-hydrogen) atoms. The van der Waals surface area contributed by atoms with Crippen molar-refractivity contribution >= 4 is 50.6 Å². The number of nitrogens with one attached hydrogen (secondary N) is 2. The van der Waals surface area contributed by atoms with Crippen molar-refractivity contribution in [2.75, 3.05) is 17.7 Å². The summed E-state index contributed by atoms with van der Waals surface area (Å²) in [6.45, 7) is 10.3. The number of carboxylic acids is 1. The number of rotatable bonds is 8. The number of carboxylic acid groups (broad SMARTS) is 1. The average molecular weight is 703 g/mol. The number of nitrogens with zero attached hydrogens (tertiary/aromatic N) is 4. The molecule has 2 aromatic carbocycles. The third-order valence-electron chi connectivity index (χ3n) is 6.45. The minimum atomic E-state index is -0.977. The molecular formula is C31H41F2LiN6O6S2. The molecule has 0 spiro atoms. The van der Waals surface area contributed by atoms with Gasteiger partial charge in [0.05, 0.1) is 41.7 Å². The largest absolute Gasteiger partial charge is 1.00 e. The molecule has 2 atom stereocenters. The van der Waals surface area contributed by atoms with E-state index in [1.165, 1.54) is 19.2 Å². The van der Waals surface area contributed by atoms with E-state index >= 15 is 0 Å². The van der Waals surface area contributed by atoms with Gasteiger partial charge in [0.25, 0.3) is 0 Å². The molecule has 0 saturated carbocycles. The zero-order chi connectivity index (χ0) is 31.8. The van der Waals surface area contributed by atoms with Gasteiger partial charge in [-0.1, -0.05) is 24.3 Å². The van der Waals surface area contributed by atoms with Crippen molar-refractivity contribution < 1.29 is 58.0 Å². The molecule has 0 aliphatic heterocycles. The van der Waals surface area contributed by atoms with Gasteiger partial charge >= 0.3 is 30.8 Å². The van der Waals surface area contributed by atoms with Crippen LogP contribution >= 0.6 is 27.0 Å². The normalized spacial score (nSPS) is 10.7. The Morgan fingerprint density at radius 2 is 1.04 bits per heavy atom. The molecule has 0 unspecified atom stereocenters. The molecule has 0 aliphatic carbocycles. The minimum absolute atomic E-state index is 0. The number of esters is 1. The van der Waals surface area contributed by atoms with Crippen LogP contribution in [0.5, 0.6) is 0 Å². The Bertz CT molecular complexity index is 1620. The van der Waals surface area contributed by atoms with Crippen LogP contribution in [0.25, 0.3) is 0 Å². The Balaban J connectivity index is -0.000000765. The summed E-state index contributed by atoms with van der Waals surface area (Å²) in [6.07, 6.45) is 0. The van der Waals surface area contributed by atoms with E-state index in [1.807, 2.05) is 13.8 Å². The number of hydrogen-bond acceptors (Lipinski definition) is 10. The molecule has 12 nitrogen and oxygen atoms in total. The first-order valence-electron chi connectivity index (χ1n) is 13.4. The van der Waals surface area contributed by atoms with E-state index in [4.69, 9.17) is 5.11 Å². The predicted molar refractivity (Wildman–Crippen MR) is 184 cm³/mol. The van der Waals surface area contributed by atoms with Crippen LogP contribution in [0.15, 0.2) is 48.5 Å². The van der Waals surface area contributed by atoms with Gasteiger partial charge in [-0.05, 0) is 76.9 Å². The molecule has 17 heteroatoms. The molecule has 0 aliphatic rings. The molecule has 6 N–H and O–H groups in total. The van der Waals surface area contributed by atoms with Gasteiger partial charge in [0.1, 0.15) is 11.6 Å². The van der Waals surface area contributed by atoms with E-state index < -0.39 is 17.6 Å². The molecule has 0 amide bonds. The molecule has 0 fully saturated rings. The van der Waals surface area contributed by atoms with Crippen LogP contribution in [0.4, 0.5) is 20.4 Å². The molecule has 2 heterocycles. The second kappa shape index (κ2) is 22.0. The summed E-state index contributed by atoms with van der Waals surface area (Å²) < 4.78 is 32.6. The number of hydrogen-bond donors (Lipinski definition) is 3. The van der Waals surface area contributed by atoms with Gasteiger partial charge in [-0.25, -0.2) is 38.3 Å². The molecule has 2 aromatic heterocycles. The topological polar surface area (TPSA) is 201 Å². The van der Waals surface area contributed by atoms with E-state index in [-0.39, 0.29) is 92.1 Å². The van der Waals surface area contributed by atoms with Crippen molar-refractivity contribution in [1.29, 1.82) is 0 Å². The number of aromatic carboxylic acids is 1. The predicted octanol–water partition coefficient (Wildman–Crippen LogP) is 2.52. The molecule has 4 rings (SSSR count). The summed E-state index contributed by atoms with van der Waals surface area (Å²) in [5.74, 6) is -0.974. The first-order valence-corrected chi connectivity index (χ1v) is 13.4. The molecule has 0 radical (unpaired) electrons. The quantitative estimate of drug-likeness (QED) is 0.180. The van der Waals surface area contributed by atoms with Crippen LogP contribution < -0.4 is 29.5 Å². The fourth-order valence-electron chi connectivity index (χ4n) is 4.11. The van der Waals surface area contributed by atoms with E-state index in [0.717, 1.165) is 11.1 Å². The van der Waals surface area contributed by atoms with Crippen molar-refractivity contribution in [2.45, 2.75) is 53.6 Å². The number of carbonyl (C=O) groups excluding carboxylic acids is 1. The smallest absolute Gasteiger partial charge is 0.870 e. The van der Waals surface area contributed by atoms with Gasteiger partial charge in [0, 0.05) is 0 Å². The zero-order valence-corrected chi connectivity index (χ0v) is 29.9. The first-order chi connectivity index (χ1) is 20.3. The van der Waals surface area contributed by atoms with Gasteiger partial charge in [-0.2, -0.15) is 27.0 Å². The van der Waals surface area contributed by atoms with Crippen LogP contribution in [0.3, 0.4) is 0 Å². The van der Waals surface area contributed by atoms with E-state index in [2.05, 4.69) is 35.3 Å². The van der Waals surface area contributed by atoms with Crippen molar-refractivity contribution in [1.82, 2.24) is 19.9 Å². The van der Waals surface area contributed by atoms with E-state index in [1.54, 1.807) is 64.1 Å². The number of aromatic nitrogens is 4. The zero-order valence-electron chi connectivity index (χ0n) is 27.9. The Morgan fingerprint density at radius 1 is 0.708 bits per heavy atom. The minimum Gasteiger partial charge on any atom is -0.870 e. The van der Waals surface area contributed by atoms with Gasteiger partial charge in [-0.3, -0.25) is 0 Å². The monoisotopic (exact) mass is 702 g/mol. The van der Waals surface area contributed by atoms with Crippen molar-refractivity contribution in [3.8, 4) is 0 Å². The summed E-state index contributed by atoms with van der Waals surface area (Å²) >= 11 is 0. The maximum absolute atomic E-state index is 14.0. The fourth-order valence-corrected chi connectivity index (χ4v) is 4.11. The number of halogens is 2. The number of aryl methyl sites for hydroxylation is 4. The second-order valence-electron chi connectivity index (χ2n) is 9.81. The first kappa shape index (κ1) is 48.6. The van der Waals surface area contributed by atoms with Gasteiger partial charge in [-0.15, -0.1) is 0 Å². The molecule has 258 valence electrons. The van der Waals surface area contributed by atoms with E-state index in [0.29, 0.717) is 28.6 Å². The Morgan fingerprint density at radius 3 is 1.35 bits per heavy atom. The van der Waals surface area contributed by atoms with Gasteiger partial charge in [0.15, 0.2) is 23.3 Å². The summed E-state index contributed by atoms with van der Waals surface area (Å²) in [5, 5.41) is 14.9. The summed E-state index contributed by atoms with van der Waals surface area (Å²) in [6, 6.07) is 13.0. The molecule has 4 aromatic rings. The van der Waals surface area contributed by atoms with Gasteiger partial charge in [0.2, 0.25) is 0 Å². The maximum atomic E-state index is 14.0. The molecule has 0 saturated heterocycles. The Kier molecular flexibility index (Phi) is 22.2. The molecule has 0 bridgehead atoms. The number of carbonyl (C=O) groups is 2. The van der Waals surface area contributed by atoms with Crippen LogP contribution in [-0.2, 0) is 4.74 Å². The SMILES string of the molecule is COC(=O)c1ccc([C@H](C)Nc2nc(C)nc(C)c2F)cc1.Cc1nc(C)c(F)c(N[C@@H](C)c2ccc(C(=O)O)cc2)n1.O.S.S.[Li+].[OH-]. The number of benzene rings is 2. The standard InChI is InChI=1S/C16H18FN3O2.C15H16FN3O2.Li.2H2O.2H2S/c1-9(12-5-7-13(8-6-12)16(21)22-4)19-15-14(17)10(2)18-11(3)20-15;1-8(11-4-6-12(7-5-11)15(20)21)18-14-13(16)9(2)17-10(3)19-14;;;;;/h5-9H,1-4H3,(H,18,19,20);4-8H,1-3H3,(H,20,21)(H,17,18,19);;4*1H2/q;;+1;;;;/p-1/t9-;8-;;;;;/m00...../s1. The van der Waals surface area contributed by atoms with E-state index in [9.17, 15) is 18.4 Å². The van der Waals surface area contributed by atoms with Crippen molar-refractivity contribution in [3.63, 3.8) is 0 Å². The number of ether oxygens (including phenoxy) is 1. The summed E-state index contributed by atoms with van der Waals surface area (Å²) in [4.78, 5) is 38.3. The summed E-state index contributed by atoms with van der Waals surface area (Å²) in [7, 11) is 1.34. The van der Waals surface area contributed by atoms with Crippen molar-refractivity contribution in [3.05, 3.63) is 105 Å². The van der Waals surface area contributed by atoms with Crippen LogP contribution in [-0.4, -0.2) is 55.0 Å². The summed E-state index contributed by atoms with van der Waals surface area (Å²) in [5.41, 5.74) is 3.03. The average Bonchev–Trinajstić information content (AvgIpc) is 2.98. The van der Waals surface area contributed by atoms with Crippen molar-refractivity contribution in [2.24, 2.45) is 0 Å². The van der Waals surface area contributed by atoms with Gasteiger partial charge < -0.3 is 31.4 Å². The second-order valence-corrected chi connectivity index (χ2v) is 9.81. The maximum Gasteiger partial charge on any atom is 1.00 e. The fraction of sp³-hybridized carbons (Fsp3) is 0.290. The Labute approximate surface area is 304 Å². The molecular weight excluding hydrogens is 661 g/mol. The Hall–Kier alpha value is -3.78. The number of anilines is 2. The third-order valence-corrected chi connectivity index (χ3v) is 6.45. The van der Waals surface area contributed by atoms with Crippen LogP contribution in [0.2, 0.25) is 0 Å². The van der Waals surface area contributed by atoms with Crippen LogP contribution in [0.1, 0.15) is 80.8 Å². The van der Waals surface area contributed by atoms with Crippen LogP contribution in [0, 0.1) is 39.3 Å². The third kappa shape index (κ3) is 13.0. The number of methoxy groups -OCH3 is 1.